The van der Waals surface area contributed by atoms with E-state index in [0.717, 1.165) is 11.1 Å². The van der Waals surface area contributed by atoms with E-state index >= 15 is 4.79 Å². The highest BCUT2D eigenvalue weighted by Gasteiger charge is 2.57. The van der Waals surface area contributed by atoms with Gasteiger partial charge in [0.2, 0.25) is 5.79 Å². The van der Waals surface area contributed by atoms with Crippen LogP contribution in [0.15, 0.2) is 53.6 Å². The molecule has 2 N–H and O–H groups in total. The Labute approximate surface area is 437 Å². The summed E-state index contributed by atoms with van der Waals surface area (Å²) in [5.74, 6) is -7.45. The monoisotopic (exact) mass is 1040 g/mol. The largest absolute Gasteiger partial charge is 0.456 e. The maximum Gasteiger partial charge on any atom is 0.329 e. The summed E-state index contributed by atoms with van der Waals surface area (Å²) in [5, 5.41) is 24.0. The number of nitrogens with zero attached hydrogens (tertiary/aromatic N) is 1. The van der Waals surface area contributed by atoms with Crippen LogP contribution in [0.2, 0.25) is 18.1 Å². The highest BCUT2D eigenvalue weighted by molar-refractivity contribution is 6.74. The van der Waals surface area contributed by atoms with Crippen molar-refractivity contribution in [3.63, 3.8) is 0 Å². The lowest BCUT2D eigenvalue weighted by Crippen LogP contribution is -2.64. The fraction of sp³-hybridized carbons (Fsp3) is 0.741. The number of carbonyl (C=O) groups excluding carboxylic acids is 5. The van der Waals surface area contributed by atoms with Crippen molar-refractivity contribution in [2.45, 2.75) is 218 Å². The Morgan fingerprint density at radius 2 is 1.56 bits per heavy atom. The summed E-state index contributed by atoms with van der Waals surface area (Å²) in [5.41, 5.74) is 1.23. The van der Waals surface area contributed by atoms with Gasteiger partial charge in [-0.1, -0.05) is 96.5 Å². The molecule has 14 nitrogen and oxygen atoms in total. The number of aliphatic hydroxyl groups is 2. The summed E-state index contributed by atoms with van der Waals surface area (Å²) in [7, 11) is 2.05. The summed E-state index contributed by atoms with van der Waals surface area (Å²) in [6, 6.07) is 8.31. The molecule has 1 saturated carbocycles. The summed E-state index contributed by atoms with van der Waals surface area (Å²) in [4.78, 5) is 73.6. The number of esters is 1. The van der Waals surface area contributed by atoms with E-state index in [0.29, 0.717) is 56.9 Å². The van der Waals surface area contributed by atoms with Crippen molar-refractivity contribution < 1.29 is 62.3 Å². The average molecular weight is 1040 g/mol. The molecule has 1 aromatic rings. The van der Waals surface area contributed by atoms with Crippen LogP contribution < -0.4 is 0 Å². The number of rotatable bonds is 12. The van der Waals surface area contributed by atoms with Gasteiger partial charge in [-0.15, -0.1) is 0 Å². The quantitative estimate of drug-likeness (QED) is 0.0876. The minimum Gasteiger partial charge on any atom is -0.456 e. The standard InChI is InChI=1S/C58H91NO13Si/c1-15-43-28-36(2)27-37(3)29-48(67-10)52-49(68-11)31-39(5)58(66,71-52)53(62)54(63)59-26-20-19-23-45(59)55(64)70-51(40(6)47(34-46(43)61)72-73(13,14)56(7,8)9)38(4)30-42-24-25-57(65,50(33-42)69-12)35-44(60)32-41-21-17-16-18-22-41/h16-18,21-22,28,30,37,39-40,42-43,45,47-52,65-66H,15,19-20,23-27,29,31-35H2,1-14H3. The Balaban J connectivity index is 1.59. The minimum absolute atomic E-state index is 0.0169. The van der Waals surface area contributed by atoms with Crippen molar-refractivity contribution in [1.29, 1.82) is 0 Å². The van der Waals surface area contributed by atoms with Gasteiger partial charge in [-0.25, -0.2) is 4.79 Å². The number of ketones is 3. The van der Waals surface area contributed by atoms with Crippen LogP contribution in [0.3, 0.4) is 0 Å². The number of benzene rings is 1. The molecule has 2 bridgehead atoms. The maximum absolute atomic E-state index is 15.0. The molecule has 73 heavy (non-hydrogen) atoms. The number of fused-ring (bicyclic) bond motifs is 3. The molecular formula is C58H91NO13Si. The first-order valence-corrected chi connectivity index (χ1v) is 30.0. The van der Waals surface area contributed by atoms with Crippen LogP contribution in [0.5, 0.6) is 0 Å². The number of hydrogen-bond acceptors (Lipinski definition) is 13. The Hall–Kier alpha value is -3.41. The zero-order valence-corrected chi connectivity index (χ0v) is 47.7. The van der Waals surface area contributed by atoms with E-state index in [1.165, 1.54) is 4.90 Å². The zero-order valence-electron chi connectivity index (χ0n) is 46.7. The SMILES string of the molecule is CCC1C=C(C)CC(C)CC(OC)C2OC(O)(C(=O)C(=O)N3CCCCC3C(=O)OC(C(C)=CC3CCC(O)(CC(=O)Cc4ccccc4)C(OC)C3)C(C)C(O[Si](C)(C)C(C)(C)C)CC1=O)C(C)CC2OC. The van der Waals surface area contributed by atoms with E-state index < -0.39 is 97.8 Å². The van der Waals surface area contributed by atoms with Crippen LogP contribution in [0.4, 0.5) is 0 Å². The van der Waals surface area contributed by atoms with E-state index in [1.807, 2.05) is 58.0 Å². The van der Waals surface area contributed by atoms with Crippen LogP contribution in [-0.4, -0.2) is 135 Å². The Morgan fingerprint density at radius 1 is 0.904 bits per heavy atom. The van der Waals surface area contributed by atoms with Crippen molar-refractivity contribution >= 4 is 37.5 Å². The van der Waals surface area contributed by atoms with Gasteiger partial charge in [0.1, 0.15) is 29.8 Å². The van der Waals surface area contributed by atoms with Crippen molar-refractivity contribution in [3.05, 3.63) is 59.2 Å². The van der Waals surface area contributed by atoms with Gasteiger partial charge >= 0.3 is 5.97 Å². The Bertz CT molecular complexity index is 2120. The van der Waals surface area contributed by atoms with Gasteiger partial charge in [0.15, 0.2) is 8.32 Å². The molecule has 1 aliphatic carbocycles. The van der Waals surface area contributed by atoms with Crippen molar-refractivity contribution in [2.24, 2.45) is 29.6 Å². The van der Waals surface area contributed by atoms with Gasteiger partial charge in [-0.3, -0.25) is 19.2 Å². The molecule has 1 aromatic carbocycles. The lowest BCUT2D eigenvalue weighted by molar-refractivity contribution is -0.302. The van der Waals surface area contributed by atoms with Gasteiger partial charge < -0.3 is 43.2 Å². The zero-order chi connectivity index (χ0) is 54.2. The fourth-order valence-electron chi connectivity index (χ4n) is 11.6. The minimum atomic E-state index is -2.59. The van der Waals surface area contributed by atoms with Gasteiger partial charge in [0.05, 0.1) is 30.0 Å². The normalized spacial score (nSPS) is 35.4. The molecule has 0 radical (unpaired) electrons. The third-order valence-electron chi connectivity index (χ3n) is 17.1. The maximum atomic E-state index is 15.0. The number of cyclic esters (lactones) is 1. The second-order valence-electron chi connectivity index (χ2n) is 23.8. The third-order valence-corrected chi connectivity index (χ3v) is 21.6. The molecule has 3 heterocycles. The predicted molar refractivity (Wildman–Crippen MR) is 283 cm³/mol. The van der Waals surface area contributed by atoms with Crippen LogP contribution in [0.25, 0.3) is 0 Å². The first kappa shape index (κ1) is 60.5. The number of piperidine rings is 1. The molecule has 14 unspecified atom stereocenters. The number of amides is 1. The van der Waals surface area contributed by atoms with Crippen LogP contribution in [0, 0.1) is 29.6 Å². The van der Waals surface area contributed by atoms with E-state index in [-0.39, 0.29) is 67.1 Å². The van der Waals surface area contributed by atoms with Gasteiger partial charge in [0.25, 0.3) is 11.7 Å². The van der Waals surface area contributed by atoms with E-state index in [1.54, 1.807) is 28.3 Å². The molecule has 3 fully saturated rings. The molecular weight excluding hydrogens is 947 g/mol. The molecule has 0 spiro atoms. The summed E-state index contributed by atoms with van der Waals surface area (Å²) in [6.07, 6.45) is 4.41. The van der Waals surface area contributed by atoms with Crippen LogP contribution in [0.1, 0.15) is 145 Å². The van der Waals surface area contributed by atoms with Crippen molar-refractivity contribution in [2.75, 3.05) is 27.9 Å². The van der Waals surface area contributed by atoms with Crippen molar-refractivity contribution in [3.8, 4) is 0 Å². The van der Waals surface area contributed by atoms with Gasteiger partial charge in [-0.05, 0) is 119 Å². The molecule has 3 aliphatic heterocycles. The highest BCUT2D eigenvalue weighted by atomic mass is 28.4. The molecule has 1 amide bonds. The summed E-state index contributed by atoms with van der Waals surface area (Å²) in [6.45, 7) is 22.4. The van der Waals surface area contributed by atoms with Crippen molar-refractivity contribution in [1.82, 2.24) is 4.90 Å². The summed E-state index contributed by atoms with van der Waals surface area (Å²) >= 11 is 0. The van der Waals surface area contributed by atoms with Gasteiger partial charge in [-0.2, -0.15) is 0 Å². The molecule has 2 saturated heterocycles. The average Bonchev–Trinajstić information content (AvgIpc) is 3.33. The molecule has 4 aliphatic rings. The number of Topliss-reactive ketones (excluding diaryl/α,β-unsaturated/α-hetero) is 3. The number of hydrogen-bond donors (Lipinski definition) is 2. The molecule has 14 atom stereocenters. The van der Waals surface area contributed by atoms with Crippen LogP contribution >= 0.6 is 0 Å². The number of carbonyl (C=O) groups is 5. The lowest BCUT2D eigenvalue weighted by atomic mass is 9.73. The van der Waals surface area contributed by atoms with Gasteiger partial charge in [0, 0.05) is 64.9 Å². The second-order valence-corrected chi connectivity index (χ2v) is 28.6. The first-order chi connectivity index (χ1) is 34.2. The molecule has 410 valence electrons. The van der Waals surface area contributed by atoms with E-state index in [9.17, 15) is 29.4 Å². The Morgan fingerprint density at radius 3 is 2.18 bits per heavy atom. The summed E-state index contributed by atoms with van der Waals surface area (Å²) < 4.78 is 38.1. The topological polar surface area (TPSA) is 184 Å². The molecule has 15 heteroatoms. The third kappa shape index (κ3) is 14.7. The smallest absolute Gasteiger partial charge is 0.329 e. The fourth-order valence-corrected chi connectivity index (χ4v) is 13.0. The predicted octanol–water partition coefficient (Wildman–Crippen LogP) is 9.07. The number of methoxy groups -OCH3 is 3. The Kier molecular flexibility index (Phi) is 21.2. The number of ether oxygens (including phenoxy) is 5. The van der Waals surface area contributed by atoms with E-state index in [2.05, 4.69) is 52.9 Å². The number of allylic oxidation sites excluding steroid dienone is 3. The first-order valence-electron chi connectivity index (χ1n) is 27.1. The van der Waals surface area contributed by atoms with E-state index in [4.69, 9.17) is 28.1 Å². The highest BCUT2D eigenvalue weighted by Crippen LogP contribution is 2.43. The molecule has 5 rings (SSSR count). The van der Waals surface area contributed by atoms with Crippen LogP contribution in [-0.2, 0) is 58.5 Å². The lowest BCUT2D eigenvalue weighted by Gasteiger charge is -2.47. The second kappa shape index (κ2) is 25.6. The molecule has 0 aromatic heterocycles.